The monoisotopic (exact) mass is 227 g/mol. The van der Waals surface area contributed by atoms with Crippen LogP contribution in [0.25, 0.3) is 0 Å². The molecule has 0 amide bonds. The molecule has 0 atom stereocenters. The fourth-order valence-electron chi connectivity index (χ4n) is 2.83. The van der Waals surface area contributed by atoms with Gasteiger partial charge in [0.05, 0.1) is 4.99 Å². The van der Waals surface area contributed by atoms with Crippen LogP contribution in [0.1, 0.15) is 25.7 Å². The lowest BCUT2D eigenvalue weighted by Gasteiger charge is -2.36. The molecule has 0 spiro atoms. The van der Waals surface area contributed by atoms with Crippen molar-refractivity contribution in [1.29, 1.82) is 0 Å². The number of nitrogens with two attached hydrogens (primary N) is 1. The van der Waals surface area contributed by atoms with E-state index in [4.69, 9.17) is 18.0 Å². The van der Waals surface area contributed by atoms with Gasteiger partial charge in [-0.2, -0.15) is 0 Å². The van der Waals surface area contributed by atoms with Gasteiger partial charge in [0.1, 0.15) is 0 Å². The van der Waals surface area contributed by atoms with Crippen molar-refractivity contribution in [2.75, 3.05) is 32.7 Å². The summed E-state index contributed by atoms with van der Waals surface area (Å²) in [5.74, 6) is 0. The zero-order valence-corrected chi connectivity index (χ0v) is 10.1. The molecule has 1 heterocycles. The first-order chi connectivity index (χ1) is 7.23. The number of nitrogens with zero attached hydrogens (tertiary/aromatic N) is 1. The summed E-state index contributed by atoms with van der Waals surface area (Å²) >= 11 is 5.27. The molecule has 0 radical (unpaired) electrons. The van der Waals surface area contributed by atoms with E-state index in [1.807, 2.05) is 0 Å². The molecule has 1 aliphatic heterocycles. The van der Waals surface area contributed by atoms with Gasteiger partial charge in [0.2, 0.25) is 0 Å². The van der Waals surface area contributed by atoms with Crippen molar-refractivity contribution >= 4 is 17.2 Å². The highest BCUT2D eigenvalue weighted by molar-refractivity contribution is 7.80. The lowest BCUT2D eigenvalue weighted by atomic mass is 9.85. The fraction of sp³-hybridized carbons (Fsp3) is 0.909. The molecule has 1 saturated heterocycles. The Balaban J connectivity index is 1.96. The number of hydrogen-bond donors (Lipinski definition) is 2. The number of piperazine rings is 1. The minimum Gasteiger partial charge on any atom is -0.393 e. The molecule has 3 N–H and O–H groups in total. The number of hydrogen-bond acceptors (Lipinski definition) is 3. The Morgan fingerprint density at radius 1 is 1.27 bits per heavy atom. The second kappa shape index (κ2) is 4.76. The summed E-state index contributed by atoms with van der Waals surface area (Å²) in [4.78, 5) is 3.26. The SMILES string of the molecule is NC(=S)C1(CN2CCNCC2)CCCC1. The van der Waals surface area contributed by atoms with Gasteiger partial charge >= 0.3 is 0 Å². The molecule has 0 unspecified atom stereocenters. The van der Waals surface area contributed by atoms with Crippen LogP contribution in [0.5, 0.6) is 0 Å². The molecule has 15 heavy (non-hydrogen) atoms. The topological polar surface area (TPSA) is 41.3 Å². The standard InChI is InChI=1S/C11H21N3S/c12-10(15)11(3-1-2-4-11)9-14-7-5-13-6-8-14/h13H,1-9H2,(H2,12,15). The zero-order chi connectivity index (χ0) is 10.7. The maximum absolute atomic E-state index is 5.94. The molecule has 0 aromatic rings. The molecular formula is C11H21N3S. The molecule has 0 aromatic heterocycles. The van der Waals surface area contributed by atoms with E-state index in [2.05, 4.69) is 10.2 Å². The quantitative estimate of drug-likeness (QED) is 0.698. The molecule has 1 saturated carbocycles. The molecule has 86 valence electrons. The third-order valence-electron chi connectivity index (χ3n) is 3.82. The van der Waals surface area contributed by atoms with Crippen molar-refractivity contribution in [2.24, 2.45) is 11.1 Å². The number of thiocarbonyl (C=S) groups is 1. The molecule has 0 aromatic carbocycles. The second-order valence-corrected chi connectivity index (χ2v) is 5.32. The third-order valence-corrected chi connectivity index (χ3v) is 4.25. The Kier molecular flexibility index (Phi) is 3.59. The zero-order valence-electron chi connectivity index (χ0n) is 9.30. The Labute approximate surface area is 97.4 Å². The third kappa shape index (κ3) is 2.49. The van der Waals surface area contributed by atoms with Gasteiger partial charge in [0.15, 0.2) is 0 Å². The van der Waals surface area contributed by atoms with Crippen LogP contribution >= 0.6 is 12.2 Å². The van der Waals surface area contributed by atoms with Crippen LogP contribution in [0.4, 0.5) is 0 Å². The van der Waals surface area contributed by atoms with Gasteiger partial charge in [-0.3, -0.25) is 4.90 Å². The average Bonchev–Trinajstić information content (AvgIpc) is 2.69. The van der Waals surface area contributed by atoms with Crippen molar-refractivity contribution in [3.8, 4) is 0 Å². The second-order valence-electron chi connectivity index (χ2n) is 4.88. The van der Waals surface area contributed by atoms with Gasteiger partial charge in [-0.1, -0.05) is 25.1 Å². The predicted octanol–water partition coefficient (Wildman–Crippen LogP) is 0.738. The van der Waals surface area contributed by atoms with Crippen LogP contribution in [-0.2, 0) is 0 Å². The van der Waals surface area contributed by atoms with Crippen molar-refractivity contribution in [3.63, 3.8) is 0 Å². The van der Waals surface area contributed by atoms with Crippen LogP contribution in [0.3, 0.4) is 0 Å². The van der Waals surface area contributed by atoms with E-state index in [1.54, 1.807) is 0 Å². The maximum Gasteiger partial charge on any atom is 0.0802 e. The highest BCUT2D eigenvalue weighted by Gasteiger charge is 2.38. The summed E-state index contributed by atoms with van der Waals surface area (Å²) in [5, 5.41) is 3.38. The van der Waals surface area contributed by atoms with E-state index in [0.29, 0.717) is 0 Å². The van der Waals surface area contributed by atoms with Crippen LogP contribution in [0.15, 0.2) is 0 Å². The van der Waals surface area contributed by atoms with Gasteiger partial charge in [-0.25, -0.2) is 0 Å². The van der Waals surface area contributed by atoms with Crippen LogP contribution in [0.2, 0.25) is 0 Å². The van der Waals surface area contributed by atoms with E-state index in [-0.39, 0.29) is 5.41 Å². The molecule has 2 rings (SSSR count). The van der Waals surface area contributed by atoms with Crippen molar-refractivity contribution in [2.45, 2.75) is 25.7 Å². The van der Waals surface area contributed by atoms with Gasteiger partial charge < -0.3 is 11.1 Å². The van der Waals surface area contributed by atoms with Crippen LogP contribution < -0.4 is 11.1 Å². The van der Waals surface area contributed by atoms with Crippen LogP contribution in [-0.4, -0.2) is 42.6 Å². The summed E-state index contributed by atoms with van der Waals surface area (Å²) in [6.45, 7) is 5.58. The Bertz CT molecular complexity index is 230. The first-order valence-electron chi connectivity index (χ1n) is 5.96. The Morgan fingerprint density at radius 3 is 2.40 bits per heavy atom. The fourth-order valence-corrected chi connectivity index (χ4v) is 3.10. The number of nitrogens with one attached hydrogen (secondary N) is 1. The highest BCUT2D eigenvalue weighted by atomic mass is 32.1. The summed E-state index contributed by atoms with van der Waals surface area (Å²) in [5.41, 5.74) is 6.10. The molecule has 4 heteroatoms. The van der Waals surface area contributed by atoms with E-state index >= 15 is 0 Å². The first-order valence-corrected chi connectivity index (χ1v) is 6.37. The van der Waals surface area contributed by atoms with Gasteiger partial charge in [0, 0.05) is 38.1 Å². The van der Waals surface area contributed by atoms with Crippen molar-refractivity contribution < 1.29 is 0 Å². The minimum absolute atomic E-state index is 0.159. The summed E-state index contributed by atoms with van der Waals surface area (Å²) in [6.07, 6.45) is 4.99. The molecule has 0 bridgehead atoms. The summed E-state index contributed by atoms with van der Waals surface area (Å²) in [7, 11) is 0. The van der Waals surface area contributed by atoms with Gasteiger partial charge in [-0.15, -0.1) is 0 Å². The molecular weight excluding hydrogens is 206 g/mol. The molecule has 2 aliphatic rings. The minimum atomic E-state index is 0.159. The largest absolute Gasteiger partial charge is 0.393 e. The van der Waals surface area contributed by atoms with E-state index in [1.165, 1.54) is 25.7 Å². The van der Waals surface area contributed by atoms with Crippen molar-refractivity contribution in [1.82, 2.24) is 10.2 Å². The maximum atomic E-state index is 5.94. The molecule has 1 aliphatic carbocycles. The highest BCUT2D eigenvalue weighted by Crippen LogP contribution is 2.39. The Hall–Kier alpha value is -0.190. The summed E-state index contributed by atoms with van der Waals surface area (Å²) in [6, 6.07) is 0. The predicted molar refractivity (Wildman–Crippen MR) is 67.0 cm³/mol. The first kappa shape index (κ1) is 11.3. The lowest BCUT2D eigenvalue weighted by molar-refractivity contribution is 0.182. The lowest BCUT2D eigenvalue weighted by Crippen LogP contribution is -2.50. The van der Waals surface area contributed by atoms with Gasteiger partial charge in [-0.05, 0) is 12.8 Å². The Morgan fingerprint density at radius 2 is 1.87 bits per heavy atom. The average molecular weight is 227 g/mol. The normalized spacial score (nSPS) is 26.7. The summed E-state index contributed by atoms with van der Waals surface area (Å²) < 4.78 is 0. The van der Waals surface area contributed by atoms with Crippen LogP contribution in [0, 0.1) is 5.41 Å². The van der Waals surface area contributed by atoms with E-state index in [9.17, 15) is 0 Å². The van der Waals surface area contributed by atoms with Crippen molar-refractivity contribution in [3.05, 3.63) is 0 Å². The molecule has 2 fully saturated rings. The number of rotatable bonds is 3. The molecule has 3 nitrogen and oxygen atoms in total. The smallest absolute Gasteiger partial charge is 0.0802 e. The van der Waals surface area contributed by atoms with Gasteiger partial charge in [0.25, 0.3) is 0 Å². The van der Waals surface area contributed by atoms with E-state index < -0.39 is 0 Å². The van der Waals surface area contributed by atoms with E-state index in [0.717, 1.165) is 37.7 Å².